The number of hydrogen-bond donors (Lipinski definition) is 0. The molecule has 1 amide bonds. The Hall–Kier alpha value is -3.15. The number of aromatic nitrogens is 1. The molecule has 0 bridgehead atoms. The number of rotatable bonds is 5. The number of carbonyl (C=O) groups is 1. The van der Waals surface area contributed by atoms with Crippen LogP contribution in [0.4, 0.5) is 4.39 Å². The molecule has 1 fully saturated rings. The van der Waals surface area contributed by atoms with Crippen LogP contribution in [0.1, 0.15) is 43.0 Å². The summed E-state index contributed by atoms with van der Waals surface area (Å²) in [5.74, 6) is 1.10. The highest BCUT2D eigenvalue weighted by atomic mass is 19.1. The van der Waals surface area contributed by atoms with Gasteiger partial charge in [0.15, 0.2) is 5.76 Å². The van der Waals surface area contributed by atoms with E-state index < -0.39 is 0 Å². The maximum atomic E-state index is 13.2. The number of amides is 1. The van der Waals surface area contributed by atoms with Crippen LogP contribution in [0, 0.1) is 5.82 Å². The predicted octanol–water partition coefficient (Wildman–Crippen LogP) is 5.18. The van der Waals surface area contributed by atoms with Crippen molar-refractivity contribution in [1.29, 1.82) is 0 Å². The fourth-order valence-corrected chi connectivity index (χ4v) is 3.97. The zero-order chi connectivity index (χ0) is 20.9. The number of ether oxygens (including phenoxy) is 1. The minimum Gasteiger partial charge on any atom is -0.497 e. The third-order valence-corrected chi connectivity index (χ3v) is 5.56. The lowest BCUT2D eigenvalue weighted by molar-refractivity contribution is -0.133. The van der Waals surface area contributed by atoms with Gasteiger partial charge in [0.1, 0.15) is 17.3 Å². The first-order chi connectivity index (χ1) is 14.6. The van der Waals surface area contributed by atoms with E-state index in [4.69, 9.17) is 9.26 Å². The van der Waals surface area contributed by atoms with E-state index in [-0.39, 0.29) is 17.8 Å². The van der Waals surface area contributed by atoms with Gasteiger partial charge in [0.05, 0.1) is 19.6 Å². The van der Waals surface area contributed by atoms with E-state index in [0.717, 1.165) is 48.3 Å². The topological polar surface area (TPSA) is 55.6 Å². The van der Waals surface area contributed by atoms with Gasteiger partial charge in [0.2, 0.25) is 5.91 Å². The predicted molar refractivity (Wildman–Crippen MR) is 112 cm³/mol. The monoisotopic (exact) mass is 408 g/mol. The van der Waals surface area contributed by atoms with E-state index >= 15 is 0 Å². The first-order valence-corrected chi connectivity index (χ1v) is 10.3. The average molecular weight is 408 g/mol. The van der Waals surface area contributed by atoms with Crippen LogP contribution >= 0.6 is 0 Å². The van der Waals surface area contributed by atoms with Crippen molar-refractivity contribution in [2.24, 2.45) is 0 Å². The lowest BCUT2D eigenvalue weighted by Crippen LogP contribution is -2.36. The molecule has 1 atom stereocenters. The lowest BCUT2D eigenvalue weighted by Gasteiger charge is -2.28. The van der Waals surface area contributed by atoms with Gasteiger partial charge in [-0.05, 0) is 54.8 Å². The molecule has 1 aromatic heterocycles. The number of nitrogens with zero attached hydrogens (tertiary/aromatic N) is 2. The normalized spacial score (nSPS) is 16.9. The molecule has 0 N–H and O–H groups in total. The van der Waals surface area contributed by atoms with Crippen molar-refractivity contribution in [1.82, 2.24) is 10.1 Å². The molecule has 5 nitrogen and oxygen atoms in total. The molecule has 6 heteroatoms. The third kappa shape index (κ3) is 4.53. The quantitative estimate of drug-likeness (QED) is 0.584. The van der Waals surface area contributed by atoms with Crippen LogP contribution < -0.4 is 4.74 Å². The van der Waals surface area contributed by atoms with Crippen molar-refractivity contribution in [2.75, 3.05) is 13.7 Å². The summed E-state index contributed by atoms with van der Waals surface area (Å²) in [5.41, 5.74) is 2.43. The Bertz CT molecular complexity index is 1000. The Morgan fingerprint density at radius 2 is 2.00 bits per heavy atom. The number of halogens is 1. The largest absolute Gasteiger partial charge is 0.497 e. The number of benzene rings is 2. The smallest absolute Gasteiger partial charge is 0.227 e. The zero-order valence-corrected chi connectivity index (χ0v) is 17.0. The van der Waals surface area contributed by atoms with Crippen molar-refractivity contribution in [2.45, 2.75) is 38.1 Å². The molecule has 0 aliphatic carbocycles. The Labute approximate surface area is 175 Å². The maximum Gasteiger partial charge on any atom is 0.227 e. The SMILES string of the molecule is COc1cccc(CC(=O)N2CCCCC[C@@H]2c2cc(-c3ccc(F)cc3)on2)c1. The van der Waals surface area contributed by atoms with E-state index in [0.29, 0.717) is 18.7 Å². The van der Waals surface area contributed by atoms with Gasteiger partial charge in [-0.3, -0.25) is 4.79 Å². The zero-order valence-electron chi connectivity index (χ0n) is 17.0. The van der Waals surface area contributed by atoms with Crippen molar-refractivity contribution in [3.05, 3.63) is 71.7 Å². The summed E-state index contributed by atoms with van der Waals surface area (Å²) in [5, 5.41) is 4.26. The van der Waals surface area contributed by atoms with Crippen molar-refractivity contribution in [3.8, 4) is 17.1 Å². The van der Waals surface area contributed by atoms with E-state index in [1.165, 1.54) is 12.1 Å². The van der Waals surface area contributed by atoms with Crippen LogP contribution in [-0.2, 0) is 11.2 Å². The molecule has 2 aromatic carbocycles. The first-order valence-electron chi connectivity index (χ1n) is 10.3. The standard InChI is InChI=1S/C24H25FN2O3/c1-29-20-7-5-6-17(14-20)15-24(28)27-13-4-2-3-8-22(27)21-16-23(30-26-21)18-9-11-19(25)12-10-18/h5-7,9-12,14,16,22H,2-4,8,13,15H2,1H3/t22-/m1/s1. The van der Waals surface area contributed by atoms with E-state index in [2.05, 4.69) is 5.16 Å². The van der Waals surface area contributed by atoms with Gasteiger partial charge < -0.3 is 14.2 Å². The lowest BCUT2D eigenvalue weighted by atomic mass is 10.0. The Balaban J connectivity index is 1.55. The molecule has 0 spiro atoms. The van der Waals surface area contributed by atoms with Gasteiger partial charge in [-0.25, -0.2) is 4.39 Å². The van der Waals surface area contributed by atoms with Crippen LogP contribution in [0.15, 0.2) is 59.1 Å². The third-order valence-electron chi connectivity index (χ3n) is 5.56. The number of hydrogen-bond acceptors (Lipinski definition) is 4. The molecule has 0 unspecified atom stereocenters. The van der Waals surface area contributed by atoms with Crippen LogP contribution in [0.3, 0.4) is 0 Å². The average Bonchev–Trinajstić information content (AvgIpc) is 3.11. The van der Waals surface area contributed by atoms with Crippen molar-refractivity contribution >= 4 is 5.91 Å². The summed E-state index contributed by atoms with van der Waals surface area (Å²) >= 11 is 0. The minimum absolute atomic E-state index is 0.0708. The Morgan fingerprint density at radius 1 is 1.17 bits per heavy atom. The fraction of sp³-hybridized carbons (Fsp3) is 0.333. The van der Waals surface area contributed by atoms with Crippen LogP contribution in [-0.4, -0.2) is 29.6 Å². The number of carbonyl (C=O) groups excluding carboxylic acids is 1. The van der Waals surface area contributed by atoms with Crippen LogP contribution in [0.25, 0.3) is 11.3 Å². The number of methoxy groups -OCH3 is 1. The summed E-state index contributed by atoms with van der Waals surface area (Å²) in [6, 6.07) is 15.5. The molecule has 1 aliphatic heterocycles. The van der Waals surface area contributed by atoms with Crippen molar-refractivity contribution in [3.63, 3.8) is 0 Å². The first kappa shape index (κ1) is 20.1. The number of likely N-dealkylation sites (tertiary alicyclic amines) is 1. The van der Waals surface area contributed by atoms with E-state index in [1.54, 1.807) is 19.2 Å². The summed E-state index contributed by atoms with van der Waals surface area (Å²) in [7, 11) is 1.62. The summed E-state index contributed by atoms with van der Waals surface area (Å²) in [6.45, 7) is 0.701. The molecule has 0 radical (unpaired) electrons. The summed E-state index contributed by atoms with van der Waals surface area (Å²) in [4.78, 5) is 15.1. The second-order valence-corrected chi connectivity index (χ2v) is 7.60. The maximum absolute atomic E-state index is 13.2. The molecule has 156 valence electrons. The van der Waals surface area contributed by atoms with E-state index in [1.807, 2.05) is 35.2 Å². The van der Waals surface area contributed by atoms with Crippen molar-refractivity contribution < 1.29 is 18.4 Å². The molecule has 30 heavy (non-hydrogen) atoms. The molecule has 2 heterocycles. The molecule has 3 aromatic rings. The molecule has 1 aliphatic rings. The van der Waals surface area contributed by atoms with Crippen LogP contribution in [0.2, 0.25) is 0 Å². The van der Waals surface area contributed by atoms with Gasteiger partial charge in [-0.2, -0.15) is 0 Å². The second kappa shape index (κ2) is 9.11. The van der Waals surface area contributed by atoms with Crippen LogP contribution in [0.5, 0.6) is 5.75 Å². The van der Waals surface area contributed by atoms with E-state index in [9.17, 15) is 9.18 Å². The van der Waals surface area contributed by atoms with Gasteiger partial charge in [-0.15, -0.1) is 0 Å². The summed E-state index contributed by atoms with van der Waals surface area (Å²) < 4.78 is 24.0. The molecule has 0 saturated carbocycles. The highest BCUT2D eigenvalue weighted by Crippen LogP contribution is 2.32. The van der Waals surface area contributed by atoms with Gasteiger partial charge in [0, 0.05) is 18.2 Å². The molecular weight excluding hydrogens is 383 g/mol. The minimum atomic E-state index is -0.295. The van der Waals surface area contributed by atoms with Gasteiger partial charge in [-0.1, -0.05) is 30.1 Å². The Morgan fingerprint density at radius 3 is 2.80 bits per heavy atom. The highest BCUT2D eigenvalue weighted by molar-refractivity contribution is 5.79. The Kier molecular flexibility index (Phi) is 6.12. The molecule has 4 rings (SSSR count). The van der Waals surface area contributed by atoms with Gasteiger partial charge in [0.25, 0.3) is 0 Å². The summed E-state index contributed by atoms with van der Waals surface area (Å²) in [6.07, 6.45) is 4.26. The molecule has 1 saturated heterocycles. The molecular formula is C24H25FN2O3. The van der Waals surface area contributed by atoms with Gasteiger partial charge >= 0.3 is 0 Å². The fourth-order valence-electron chi connectivity index (χ4n) is 3.97. The second-order valence-electron chi connectivity index (χ2n) is 7.60. The highest BCUT2D eigenvalue weighted by Gasteiger charge is 2.29.